The highest BCUT2D eigenvalue weighted by Gasteiger charge is 2.34. The summed E-state index contributed by atoms with van der Waals surface area (Å²) in [5.74, 6) is -1.60. The normalized spacial score (nSPS) is 16.7. The molecule has 2 atom stereocenters. The summed E-state index contributed by atoms with van der Waals surface area (Å²) in [7, 11) is 1.65. The molecule has 3 rings (SSSR count). The number of carbonyl (C=O) groups excluding carboxylic acids is 3. The number of fused-ring (bicyclic) bond motifs is 1. The molecule has 0 N–H and O–H groups in total. The molecular formula is C21H21NO5. The number of carbonyl (C=O) groups is 3. The summed E-state index contributed by atoms with van der Waals surface area (Å²) in [6.07, 6.45) is -1.77. The third-order valence-corrected chi connectivity index (χ3v) is 4.43. The Morgan fingerprint density at radius 2 is 1.81 bits per heavy atom. The summed E-state index contributed by atoms with van der Waals surface area (Å²) < 4.78 is 10.4. The van der Waals surface area contributed by atoms with Gasteiger partial charge in [-0.05, 0) is 24.1 Å². The van der Waals surface area contributed by atoms with E-state index in [1.165, 1.54) is 11.8 Å². The van der Waals surface area contributed by atoms with E-state index >= 15 is 0 Å². The van der Waals surface area contributed by atoms with Gasteiger partial charge in [-0.3, -0.25) is 4.79 Å². The maximum absolute atomic E-state index is 12.5. The SMILES string of the molecule is CC(OC(=O)C1Cc2ccccc2C(=O)O1)C(=O)N(C)Cc1ccccc1. The zero-order chi connectivity index (χ0) is 19.4. The van der Waals surface area contributed by atoms with Crippen molar-refractivity contribution in [1.82, 2.24) is 4.90 Å². The molecule has 0 bridgehead atoms. The van der Waals surface area contributed by atoms with Crippen molar-refractivity contribution in [2.24, 2.45) is 0 Å². The zero-order valence-corrected chi connectivity index (χ0v) is 15.3. The monoisotopic (exact) mass is 367 g/mol. The Balaban J connectivity index is 1.59. The largest absolute Gasteiger partial charge is 0.450 e. The first-order valence-corrected chi connectivity index (χ1v) is 8.74. The van der Waals surface area contributed by atoms with Crippen LogP contribution in [0.25, 0.3) is 0 Å². The minimum absolute atomic E-state index is 0.238. The van der Waals surface area contributed by atoms with Gasteiger partial charge in [0, 0.05) is 20.0 Å². The van der Waals surface area contributed by atoms with Gasteiger partial charge in [0.2, 0.25) is 6.10 Å². The summed E-state index contributed by atoms with van der Waals surface area (Å²) >= 11 is 0. The van der Waals surface area contributed by atoms with Crippen molar-refractivity contribution < 1.29 is 23.9 Å². The lowest BCUT2D eigenvalue weighted by Crippen LogP contribution is -2.41. The van der Waals surface area contributed by atoms with E-state index in [0.717, 1.165) is 11.1 Å². The van der Waals surface area contributed by atoms with Gasteiger partial charge in [0.05, 0.1) is 5.56 Å². The minimum atomic E-state index is -1.04. The van der Waals surface area contributed by atoms with Gasteiger partial charge in [0.1, 0.15) is 0 Å². The van der Waals surface area contributed by atoms with Crippen molar-refractivity contribution in [3.63, 3.8) is 0 Å². The molecule has 0 spiro atoms. The van der Waals surface area contributed by atoms with Gasteiger partial charge in [-0.2, -0.15) is 0 Å². The Hall–Kier alpha value is -3.15. The standard InChI is InChI=1S/C21H21NO5/c1-14(19(23)22(2)13-15-8-4-3-5-9-15)26-21(25)18-12-16-10-6-7-11-17(16)20(24)27-18/h3-11,14,18H,12-13H2,1-2H3. The van der Waals surface area contributed by atoms with Gasteiger partial charge in [-0.15, -0.1) is 0 Å². The molecule has 0 saturated carbocycles. The predicted molar refractivity (Wildman–Crippen MR) is 97.8 cm³/mol. The first kappa shape index (κ1) is 18.6. The first-order valence-electron chi connectivity index (χ1n) is 8.74. The highest BCUT2D eigenvalue weighted by molar-refractivity contribution is 5.95. The molecule has 0 aliphatic carbocycles. The molecule has 6 heteroatoms. The molecule has 0 radical (unpaired) electrons. The molecule has 2 aromatic rings. The van der Waals surface area contributed by atoms with Gasteiger partial charge < -0.3 is 14.4 Å². The quantitative estimate of drug-likeness (QED) is 0.759. The Kier molecular flexibility index (Phi) is 5.54. The van der Waals surface area contributed by atoms with Gasteiger partial charge in [-0.1, -0.05) is 48.5 Å². The van der Waals surface area contributed by atoms with Crippen molar-refractivity contribution >= 4 is 17.8 Å². The number of ether oxygens (including phenoxy) is 2. The molecule has 6 nitrogen and oxygen atoms in total. The second-order valence-electron chi connectivity index (χ2n) is 6.51. The number of benzene rings is 2. The van der Waals surface area contributed by atoms with Crippen molar-refractivity contribution in [3.05, 3.63) is 71.3 Å². The molecule has 1 aliphatic rings. The Morgan fingerprint density at radius 3 is 2.56 bits per heavy atom. The van der Waals surface area contributed by atoms with Crippen LogP contribution in [0.3, 0.4) is 0 Å². The van der Waals surface area contributed by atoms with E-state index < -0.39 is 24.1 Å². The van der Waals surface area contributed by atoms with Crippen LogP contribution in [0.4, 0.5) is 0 Å². The van der Waals surface area contributed by atoms with Gasteiger partial charge >= 0.3 is 11.9 Å². The molecule has 0 aromatic heterocycles. The van der Waals surface area contributed by atoms with Crippen molar-refractivity contribution in [1.29, 1.82) is 0 Å². The van der Waals surface area contributed by atoms with E-state index in [1.807, 2.05) is 30.3 Å². The Bertz CT molecular complexity index is 849. The fourth-order valence-corrected chi connectivity index (χ4v) is 3.01. The summed E-state index contributed by atoms with van der Waals surface area (Å²) in [6.45, 7) is 1.92. The second-order valence-corrected chi connectivity index (χ2v) is 6.51. The number of esters is 2. The third-order valence-electron chi connectivity index (χ3n) is 4.43. The van der Waals surface area contributed by atoms with Crippen LogP contribution >= 0.6 is 0 Å². The van der Waals surface area contributed by atoms with Gasteiger partial charge in [0.15, 0.2) is 6.10 Å². The fraction of sp³-hybridized carbons (Fsp3) is 0.286. The Labute approximate surface area is 157 Å². The minimum Gasteiger partial charge on any atom is -0.450 e. The molecule has 0 fully saturated rings. The number of hydrogen-bond acceptors (Lipinski definition) is 5. The molecule has 1 heterocycles. The average Bonchev–Trinajstić information content (AvgIpc) is 2.68. The van der Waals surface area contributed by atoms with Gasteiger partial charge in [0.25, 0.3) is 5.91 Å². The van der Waals surface area contributed by atoms with Crippen molar-refractivity contribution in [2.75, 3.05) is 7.05 Å². The highest BCUT2D eigenvalue weighted by atomic mass is 16.6. The lowest BCUT2D eigenvalue weighted by Gasteiger charge is -2.26. The lowest BCUT2D eigenvalue weighted by molar-refractivity contribution is -0.166. The highest BCUT2D eigenvalue weighted by Crippen LogP contribution is 2.21. The number of hydrogen-bond donors (Lipinski definition) is 0. The molecule has 1 aliphatic heterocycles. The van der Waals surface area contributed by atoms with Crippen molar-refractivity contribution in [3.8, 4) is 0 Å². The van der Waals surface area contributed by atoms with E-state index in [-0.39, 0.29) is 12.3 Å². The zero-order valence-electron chi connectivity index (χ0n) is 15.3. The van der Waals surface area contributed by atoms with Crippen LogP contribution in [0.1, 0.15) is 28.4 Å². The Morgan fingerprint density at radius 1 is 1.15 bits per heavy atom. The molecule has 1 amide bonds. The van der Waals surface area contributed by atoms with E-state index in [0.29, 0.717) is 12.1 Å². The lowest BCUT2D eigenvalue weighted by atomic mass is 9.99. The van der Waals surface area contributed by atoms with Crippen LogP contribution < -0.4 is 0 Å². The van der Waals surface area contributed by atoms with Gasteiger partial charge in [-0.25, -0.2) is 9.59 Å². The molecule has 27 heavy (non-hydrogen) atoms. The van der Waals surface area contributed by atoms with Crippen LogP contribution in [-0.4, -0.2) is 42.0 Å². The smallest absolute Gasteiger partial charge is 0.348 e. The summed E-state index contributed by atoms with van der Waals surface area (Å²) in [5, 5.41) is 0. The van der Waals surface area contributed by atoms with Crippen LogP contribution in [0.15, 0.2) is 54.6 Å². The summed E-state index contributed by atoms with van der Waals surface area (Å²) in [4.78, 5) is 38.4. The summed E-state index contributed by atoms with van der Waals surface area (Å²) in [6, 6.07) is 16.5. The number of amides is 1. The molecule has 2 aromatic carbocycles. The predicted octanol–water partition coefficient (Wildman–Crippen LogP) is 2.36. The molecular weight excluding hydrogens is 346 g/mol. The van der Waals surface area contributed by atoms with Crippen molar-refractivity contribution in [2.45, 2.75) is 32.1 Å². The fourth-order valence-electron chi connectivity index (χ4n) is 3.01. The maximum atomic E-state index is 12.5. The van der Waals surface area contributed by atoms with Crippen LogP contribution in [-0.2, 0) is 32.0 Å². The molecule has 0 saturated heterocycles. The average molecular weight is 367 g/mol. The van der Waals surface area contributed by atoms with E-state index in [4.69, 9.17) is 9.47 Å². The van der Waals surface area contributed by atoms with Crippen LogP contribution in [0.5, 0.6) is 0 Å². The number of likely N-dealkylation sites (N-methyl/N-ethyl adjacent to an activating group) is 1. The number of rotatable bonds is 5. The van der Waals surface area contributed by atoms with E-state index in [9.17, 15) is 14.4 Å². The van der Waals surface area contributed by atoms with Crippen LogP contribution in [0.2, 0.25) is 0 Å². The molecule has 140 valence electrons. The topological polar surface area (TPSA) is 72.9 Å². The summed E-state index contributed by atoms with van der Waals surface area (Å²) in [5.41, 5.74) is 2.16. The molecule has 2 unspecified atom stereocenters. The first-order chi connectivity index (χ1) is 13.0. The van der Waals surface area contributed by atoms with E-state index in [2.05, 4.69) is 0 Å². The third kappa shape index (κ3) is 4.34. The van der Waals surface area contributed by atoms with E-state index in [1.54, 1.807) is 31.3 Å². The van der Waals surface area contributed by atoms with Crippen LogP contribution in [0, 0.1) is 0 Å². The maximum Gasteiger partial charge on any atom is 0.348 e. The number of nitrogens with zero attached hydrogens (tertiary/aromatic N) is 1. The second kappa shape index (κ2) is 8.03. The number of cyclic esters (lactones) is 1.